The van der Waals surface area contributed by atoms with Crippen molar-refractivity contribution in [3.63, 3.8) is 0 Å². The Bertz CT molecular complexity index is 896. The number of nitrogens with two attached hydrogens (primary N) is 1. The molecule has 2 unspecified atom stereocenters. The summed E-state index contributed by atoms with van der Waals surface area (Å²) in [4.78, 5) is 52.2. The van der Waals surface area contributed by atoms with Crippen LogP contribution in [0.15, 0.2) is 18.2 Å². The first-order chi connectivity index (χ1) is 16.3. The van der Waals surface area contributed by atoms with Crippen LogP contribution in [0.4, 0.5) is 4.79 Å². The van der Waals surface area contributed by atoms with Gasteiger partial charge in [-0.25, -0.2) is 4.79 Å². The lowest BCUT2D eigenvalue weighted by molar-refractivity contribution is -0.143. The number of para-hydroxylation sites is 1. The number of carbonyl (C=O) groups is 4. The minimum Gasteiger partial charge on any atom is -0.507 e. The van der Waals surface area contributed by atoms with Gasteiger partial charge in [0.25, 0.3) is 0 Å². The molecule has 10 heteroatoms. The summed E-state index contributed by atoms with van der Waals surface area (Å²) in [5, 5.41) is 16.0. The lowest BCUT2D eigenvalue weighted by atomic mass is 9.99. The van der Waals surface area contributed by atoms with Crippen molar-refractivity contribution in [2.45, 2.75) is 84.9 Å². The summed E-state index contributed by atoms with van der Waals surface area (Å²) in [5.41, 5.74) is 5.29. The summed E-state index contributed by atoms with van der Waals surface area (Å²) >= 11 is 0. The molecule has 0 heterocycles. The number of nitrogens with one attached hydrogen (secondary N) is 2. The van der Waals surface area contributed by atoms with E-state index in [1.54, 1.807) is 52.8 Å². The van der Waals surface area contributed by atoms with Crippen molar-refractivity contribution in [3.05, 3.63) is 29.3 Å². The highest BCUT2D eigenvalue weighted by Crippen LogP contribution is 2.32. The predicted molar refractivity (Wildman–Crippen MR) is 132 cm³/mol. The van der Waals surface area contributed by atoms with E-state index >= 15 is 0 Å². The fraction of sp³-hybridized carbons (Fsp3) is 0.600. The van der Waals surface area contributed by atoms with E-state index in [1.807, 2.05) is 6.92 Å². The lowest BCUT2D eigenvalue weighted by Crippen LogP contribution is -2.54. The smallest absolute Gasteiger partial charge is 0.408 e. The summed E-state index contributed by atoms with van der Waals surface area (Å²) in [5.74, 6) is -2.10. The molecule has 0 bridgehead atoms. The summed E-state index contributed by atoms with van der Waals surface area (Å²) in [7, 11) is 0. The first-order valence-corrected chi connectivity index (χ1v) is 12.0. The van der Waals surface area contributed by atoms with Gasteiger partial charge in [0.15, 0.2) is 0 Å². The van der Waals surface area contributed by atoms with E-state index in [0.717, 1.165) is 19.3 Å². The minimum atomic E-state index is -1.36. The predicted octanol–water partition coefficient (Wildman–Crippen LogP) is 2.67. The summed E-state index contributed by atoms with van der Waals surface area (Å²) in [6.45, 7) is 10.8. The van der Waals surface area contributed by atoms with Gasteiger partial charge in [-0.15, -0.1) is 0 Å². The Morgan fingerprint density at radius 1 is 1.14 bits per heavy atom. The highest BCUT2D eigenvalue weighted by molar-refractivity contribution is 5.94. The zero-order valence-corrected chi connectivity index (χ0v) is 21.6. The molecule has 0 saturated heterocycles. The topological polar surface area (TPSA) is 151 Å². The van der Waals surface area contributed by atoms with Crippen LogP contribution in [0.5, 0.6) is 5.75 Å². The quantitative estimate of drug-likeness (QED) is 0.329. The van der Waals surface area contributed by atoms with Gasteiger partial charge in [0.2, 0.25) is 17.7 Å². The molecule has 10 nitrogen and oxygen atoms in total. The van der Waals surface area contributed by atoms with Gasteiger partial charge in [-0.1, -0.05) is 38.0 Å². The molecule has 0 aromatic heterocycles. The Morgan fingerprint density at radius 2 is 1.80 bits per heavy atom. The molecule has 1 aromatic carbocycles. The van der Waals surface area contributed by atoms with E-state index in [-0.39, 0.29) is 17.9 Å². The Kier molecular flexibility index (Phi) is 11.5. The lowest BCUT2D eigenvalue weighted by Gasteiger charge is -2.34. The molecule has 35 heavy (non-hydrogen) atoms. The summed E-state index contributed by atoms with van der Waals surface area (Å²) < 4.78 is 5.22. The van der Waals surface area contributed by atoms with E-state index < -0.39 is 47.9 Å². The number of alkyl carbamates (subject to hydrolysis) is 1. The number of phenols is 1. The van der Waals surface area contributed by atoms with Crippen LogP contribution in [0.1, 0.15) is 77.5 Å². The monoisotopic (exact) mass is 492 g/mol. The van der Waals surface area contributed by atoms with E-state index in [9.17, 15) is 24.3 Å². The van der Waals surface area contributed by atoms with E-state index in [0.29, 0.717) is 12.1 Å². The largest absolute Gasteiger partial charge is 0.507 e. The SMILES string of the molecule is CCCCCNC(=O)C(c1cccc(C)c1O)N(CC)C(=O)C(CC(N)=O)NC(=O)OC(C)(C)C. The number of benzene rings is 1. The normalized spacial score (nSPS) is 12.9. The van der Waals surface area contributed by atoms with Crippen LogP contribution < -0.4 is 16.4 Å². The average Bonchev–Trinajstić information content (AvgIpc) is 2.74. The number of carbonyl (C=O) groups excluding carboxylic acids is 4. The van der Waals surface area contributed by atoms with Crippen LogP contribution >= 0.6 is 0 Å². The van der Waals surface area contributed by atoms with Crippen LogP contribution in [-0.4, -0.2) is 58.6 Å². The van der Waals surface area contributed by atoms with E-state index in [4.69, 9.17) is 10.5 Å². The number of rotatable bonds is 12. The molecular formula is C25H40N4O6. The number of aryl methyl sites for hydroxylation is 1. The number of unbranched alkanes of at least 4 members (excludes halogenated alkanes) is 2. The molecule has 4 amide bonds. The molecular weight excluding hydrogens is 452 g/mol. The van der Waals surface area contributed by atoms with Gasteiger partial charge in [0, 0.05) is 18.7 Å². The van der Waals surface area contributed by atoms with Crippen molar-refractivity contribution in [2.24, 2.45) is 5.73 Å². The van der Waals surface area contributed by atoms with Crippen LogP contribution in [0.25, 0.3) is 0 Å². The number of likely N-dealkylation sites (N-methyl/N-ethyl adjacent to an activating group) is 1. The molecule has 0 spiro atoms. The third-order valence-electron chi connectivity index (χ3n) is 5.22. The van der Waals surface area contributed by atoms with Gasteiger partial charge in [-0.05, 0) is 46.6 Å². The van der Waals surface area contributed by atoms with Gasteiger partial charge in [-0.2, -0.15) is 0 Å². The number of hydrogen-bond donors (Lipinski definition) is 4. The second-order valence-corrected chi connectivity index (χ2v) is 9.41. The molecule has 0 aliphatic heterocycles. The standard InChI is InChI=1S/C25H40N4O6/c1-7-9-10-14-27-22(32)20(17-13-11-12-16(3)21(17)31)29(8-2)23(33)18(15-19(26)30)28-24(34)35-25(4,5)6/h11-13,18,20,31H,7-10,14-15H2,1-6H3,(H2,26,30)(H,27,32)(H,28,34). The molecule has 2 atom stereocenters. The first-order valence-electron chi connectivity index (χ1n) is 12.0. The maximum atomic E-state index is 13.6. The number of amides is 4. The third kappa shape index (κ3) is 9.46. The van der Waals surface area contributed by atoms with Crippen molar-refractivity contribution in [1.82, 2.24) is 15.5 Å². The Hall–Kier alpha value is -3.30. The van der Waals surface area contributed by atoms with Gasteiger partial charge in [0.1, 0.15) is 23.4 Å². The summed E-state index contributed by atoms with van der Waals surface area (Å²) in [6.07, 6.45) is 1.28. The number of nitrogens with zero attached hydrogens (tertiary/aromatic N) is 1. The highest BCUT2D eigenvalue weighted by Gasteiger charge is 2.37. The molecule has 0 radical (unpaired) electrons. The number of aromatic hydroxyl groups is 1. The molecule has 0 saturated carbocycles. The molecule has 5 N–H and O–H groups in total. The number of ether oxygens (including phenoxy) is 1. The van der Waals surface area contributed by atoms with Gasteiger partial charge in [0.05, 0.1) is 6.42 Å². The Morgan fingerprint density at radius 3 is 2.34 bits per heavy atom. The van der Waals surface area contributed by atoms with Crippen LogP contribution in [0, 0.1) is 6.92 Å². The van der Waals surface area contributed by atoms with Crippen LogP contribution in [0.3, 0.4) is 0 Å². The van der Waals surface area contributed by atoms with Crippen molar-refractivity contribution < 1.29 is 29.0 Å². The molecule has 1 aromatic rings. The van der Waals surface area contributed by atoms with Gasteiger partial charge >= 0.3 is 6.09 Å². The number of phenolic OH excluding ortho intramolecular Hbond substituents is 1. The average molecular weight is 493 g/mol. The van der Waals surface area contributed by atoms with Gasteiger partial charge in [-0.3, -0.25) is 14.4 Å². The molecule has 0 aliphatic carbocycles. The van der Waals surface area contributed by atoms with Crippen molar-refractivity contribution in [1.29, 1.82) is 0 Å². The number of primary amides is 1. The number of hydrogen-bond acceptors (Lipinski definition) is 6. The Balaban J connectivity index is 3.37. The van der Waals surface area contributed by atoms with E-state index in [2.05, 4.69) is 10.6 Å². The molecule has 0 fully saturated rings. The zero-order valence-electron chi connectivity index (χ0n) is 21.6. The third-order valence-corrected chi connectivity index (χ3v) is 5.22. The fourth-order valence-corrected chi connectivity index (χ4v) is 3.55. The zero-order chi connectivity index (χ0) is 26.8. The Labute approximate surface area is 207 Å². The molecule has 1 rings (SSSR count). The second-order valence-electron chi connectivity index (χ2n) is 9.41. The van der Waals surface area contributed by atoms with Crippen molar-refractivity contribution in [3.8, 4) is 5.75 Å². The van der Waals surface area contributed by atoms with Crippen LogP contribution in [-0.2, 0) is 19.1 Å². The minimum absolute atomic E-state index is 0.0600. The maximum Gasteiger partial charge on any atom is 0.408 e. The maximum absolute atomic E-state index is 13.6. The molecule has 0 aliphatic rings. The fourth-order valence-electron chi connectivity index (χ4n) is 3.55. The van der Waals surface area contributed by atoms with Crippen LogP contribution in [0.2, 0.25) is 0 Å². The van der Waals surface area contributed by atoms with Gasteiger partial charge < -0.3 is 31.1 Å². The first kappa shape index (κ1) is 29.7. The second kappa shape index (κ2) is 13.6. The highest BCUT2D eigenvalue weighted by atomic mass is 16.6. The van der Waals surface area contributed by atoms with E-state index in [1.165, 1.54) is 4.90 Å². The molecule has 196 valence electrons. The summed E-state index contributed by atoms with van der Waals surface area (Å²) in [6, 6.07) is 2.39. The van der Waals surface area contributed by atoms with Crippen molar-refractivity contribution in [2.75, 3.05) is 13.1 Å². The van der Waals surface area contributed by atoms with Crippen molar-refractivity contribution >= 4 is 23.8 Å².